The number of benzene rings is 1. The van der Waals surface area contributed by atoms with Crippen LogP contribution in [0.1, 0.15) is 44.4 Å². The molecule has 8 nitrogen and oxygen atoms in total. The van der Waals surface area contributed by atoms with Crippen molar-refractivity contribution in [3.8, 4) is 0 Å². The molecule has 2 fully saturated rings. The van der Waals surface area contributed by atoms with Crippen LogP contribution in [-0.2, 0) is 9.47 Å². The van der Waals surface area contributed by atoms with Gasteiger partial charge in [0.1, 0.15) is 35.6 Å². The third kappa shape index (κ3) is 4.19. The van der Waals surface area contributed by atoms with E-state index in [1.54, 1.807) is 13.0 Å². The van der Waals surface area contributed by atoms with Crippen LogP contribution in [0.15, 0.2) is 27.4 Å². The van der Waals surface area contributed by atoms with Gasteiger partial charge < -0.3 is 34.1 Å². The lowest BCUT2D eigenvalue weighted by molar-refractivity contribution is -0.279. The van der Waals surface area contributed by atoms with E-state index in [1.165, 1.54) is 7.11 Å². The molecule has 182 valence electrons. The Morgan fingerprint density at radius 2 is 1.85 bits per heavy atom. The molecule has 3 heterocycles. The molecule has 0 bridgehead atoms. The molecule has 33 heavy (non-hydrogen) atoms. The number of rotatable bonds is 4. The standard InChI is InChI=1S/C25H35NO7/c1-13-8-14(2)11-26(10-13)18-9-19(28)32-22-15(3)16(6-7-17(18)22)23-20(29)21(30)24(31-5)25(4,12-27)33-23/h6-7,9,13-14,20-21,23-24,27,29-30H,8,10-12H2,1-5H3/t13?,14?,20-,21-,23+,24-,25-/m1/s1. The van der Waals surface area contributed by atoms with Crippen LogP contribution in [0.2, 0.25) is 0 Å². The van der Waals surface area contributed by atoms with Gasteiger partial charge in [-0.2, -0.15) is 0 Å². The van der Waals surface area contributed by atoms with Crippen molar-refractivity contribution in [1.82, 2.24) is 0 Å². The van der Waals surface area contributed by atoms with Crippen molar-refractivity contribution in [3.05, 3.63) is 39.7 Å². The summed E-state index contributed by atoms with van der Waals surface area (Å²) in [6, 6.07) is 5.26. The van der Waals surface area contributed by atoms with Gasteiger partial charge in [-0.3, -0.25) is 0 Å². The van der Waals surface area contributed by atoms with Gasteiger partial charge in [-0.25, -0.2) is 4.79 Å². The Labute approximate surface area is 193 Å². The van der Waals surface area contributed by atoms with E-state index in [0.29, 0.717) is 28.5 Å². The van der Waals surface area contributed by atoms with Crippen LogP contribution >= 0.6 is 0 Å². The number of aliphatic hydroxyl groups excluding tert-OH is 3. The van der Waals surface area contributed by atoms with E-state index in [0.717, 1.165) is 30.6 Å². The van der Waals surface area contributed by atoms with Crippen molar-refractivity contribution < 1.29 is 29.2 Å². The average molecular weight is 462 g/mol. The fourth-order valence-corrected chi connectivity index (χ4v) is 5.70. The third-order valence-electron chi connectivity index (χ3n) is 7.23. The van der Waals surface area contributed by atoms with Crippen molar-refractivity contribution in [1.29, 1.82) is 0 Å². The Balaban J connectivity index is 1.80. The molecule has 4 rings (SSSR count). The summed E-state index contributed by atoms with van der Waals surface area (Å²) in [5, 5.41) is 32.3. The zero-order valence-corrected chi connectivity index (χ0v) is 19.9. The molecule has 2 saturated heterocycles. The Bertz CT molecular complexity index is 1060. The largest absolute Gasteiger partial charge is 0.422 e. The fraction of sp³-hybridized carbons (Fsp3) is 0.640. The molecule has 0 saturated carbocycles. The highest BCUT2D eigenvalue weighted by Crippen LogP contribution is 2.42. The maximum absolute atomic E-state index is 12.5. The van der Waals surface area contributed by atoms with E-state index in [4.69, 9.17) is 13.9 Å². The summed E-state index contributed by atoms with van der Waals surface area (Å²) in [7, 11) is 1.40. The Morgan fingerprint density at radius 3 is 2.45 bits per heavy atom. The van der Waals surface area contributed by atoms with Gasteiger partial charge in [0.25, 0.3) is 0 Å². The molecule has 1 aromatic carbocycles. The first-order valence-corrected chi connectivity index (χ1v) is 11.6. The molecule has 8 heteroatoms. The zero-order chi connectivity index (χ0) is 24.1. The van der Waals surface area contributed by atoms with Gasteiger partial charge in [-0.15, -0.1) is 0 Å². The molecule has 1 aromatic heterocycles. The van der Waals surface area contributed by atoms with Gasteiger partial charge in [0.05, 0.1) is 12.3 Å². The lowest BCUT2D eigenvalue weighted by atomic mass is 9.83. The smallest absolute Gasteiger partial charge is 0.338 e. The number of methoxy groups -OCH3 is 1. The van der Waals surface area contributed by atoms with Crippen LogP contribution in [0, 0.1) is 18.8 Å². The molecule has 2 aliphatic rings. The fourth-order valence-electron chi connectivity index (χ4n) is 5.70. The third-order valence-corrected chi connectivity index (χ3v) is 7.23. The lowest BCUT2D eigenvalue weighted by Gasteiger charge is -2.48. The van der Waals surface area contributed by atoms with Crippen molar-refractivity contribution in [2.24, 2.45) is 11.8 Å². The number of fused-ring (bicyclic) bond motifs is 1. The minimum absolute atomic E-state index is 0.400. The quantitative estimate of drug-likeness (QED) is 0.594. The number of nitrogens with zero attached hydrogens (tertiary/aromatic N) is 1. The van der Waals surface area contributed by atoms with E-state index in [1.807, 2.05) is 19.1 Å². The number of hydrogen-bond acceptors (Lipinski definition) is 8. The minimum Gasteiger partial charge on any atom is -0.422 e. The molecule has 2 aromatic rings. The Morgan fingerprint density at radius 1 is 1.18 bits per heavy atom. The number of aryl methyl sites for hydroxylation is 1. The van der Waals surface area contributed by atoms with E-state index >= 15 is 0 Å². The predicted octanol–water partition coefficient (Wildman–Crippen LogP) is 2.14. The van der Waals surface area contributed by atoms with Gasteiger partial charge in [-0.1, -0.05) is 19.9 Å². The number of ether oxygens (including phenoxy) is 2. The first-order valence-electron chi connectivity index (χ1n) is 11.6. The van der Waals surface area contributed by atoms with E-state index in [9.17, 15) is 20.1 Å². The minimum atomic E-state index is -1.29. The van der Waals surface area contributed by atoms with Gasteiger partial charge in [0.2, 0.25) is 0 Å². The first-order chi connectivity index (χ1) is 15.6. The molecule has 0 aliphatic carbocycles. The molecule has 7 atom stereocenters. The summed E-state index contributed by atoms with van der Waals surface area (Å²) in [6.45, 7) is 9.23. The van der Waals surface area contributed by atoms with Crippen molar-refractivity contribution in [2.45, 2.75) is 64.1 Å². The van der Waals surface area contributed by atoms with Crippen LogP contribution in [0.4, 0.5) is 5.69 Å². The molecule has 0 spiro atoms. The molecule has 3 N–H and O–H groups in total. The Kier molecular flexibility index (Phi) is 6.59. The maximum atomic E-state index is 12.5. The second kappa shape index (κ2) is 9.00. The number of aliphatic hydroxyl groups is 3. The molecular formula is C25H35NO7. The van der Waals surface area contributed by atoms with E-state index < -0.39 is 42.2 Å². The average Bonchev–Trinajstić information content (AvgIpc) is 2.76. The van der Waals surface area contributed by atoms with Crippen molar-refractivity contribution in [3.63, 3.8) is 0 Å². The summed E-state index contributed by atoms with van der Waals surface area (Å²) in [4.78, 5) is 14.8. The summed E-state index contributed by atoms with van der Waals surface area (Å²) < 4.78 is 17.1. The number of anilines is 1. The van der Waals surface area contributed by atoms with Crippen LogP contribution in [0.3, 0.4) is 0 Å². The molecule has 0 amide bonds. The number of piperidine rings is 1. The van der Waals surface area contributed by atoms with Gasteiger partial charge in [0, 0.05) is 31.7 Å². The summed E-state index contributed by atoms with van der Waals surface area (Å²) in [6.07, 6.45) is -3.23. The first kappa shape index (κ1) is 24.2. The second-order valence-electron chi connectivity index (χ2n) is 10.1. The van der Waals surface area contributed by atoms with Crippen LogP contribution < -0.4 is 10.5 Å². The van der Waals surface area contributed by atoms with Crippen LogP contribution in [0.25, 0.3) is 11.0 Å². The van der Waals surface area contributed by atoms with Gasteiger partial charge in [0.15, 0.2) is 0 Å². The topological polar surface area (TPSA) is 113 Å². The van der Waals surface area contributed by atoms with E-state index in [-0.39, 0.29) is 0 Å². The normalized spacial score (nSPS) is 35.2. The van der Waals surface area contributed by atoms with Gasteiger partial charge >= 0.3 is 5.63 Å². The van der Waals surface area contributed by atoms with Gasteiger partial charge in [-0.05, 0) is 49.3 Å². The summed E-state index contributed by atoms with van der Waals surface area (Å²) >= 11 is 0. The van der Waals surface area contributed by atoms with E-state index in [2.05, 4.69) is 18.7 Å². The Hall–Kier alpha value is -1.97. The summed E-state index contributed by atoms with van der Waals surface area (Å²) in [5.74, 6) is 1.04. The highest BCUT2D eigenvalue weighted by Gasteiger charge is 2.52. The van der Waals surface area contributed by atoms with Crippen LogP contribution in [-0.4, -0.2) is 66.0 Å². The highest BCUT2D eigenvalue weighted by atomic mass is 16.6. The molecule has 2 unspecified atom stereocenters. The van der Waals surface area contributed by atoms with Crippen molar-refractivity contribution in [2.75, 3.05) is 31.7 Å². The monoisotopic (exact) mass is 461 g/mol. The SMILES string of the molecule is CO[C@@H]1[C@H](O)[C@@H](O)[C@H](c2ccc3c(N4CC(C)CC(C)C4)cc(=O)oc3c2C)O[C@]1(C)CO. The van der Waals surface area contributed by atoms with Crippen molar-refractivity contribution >= 4 is 16.7 Å². The summed E-state index contributed by atoms with van der Waals surface area (Å²) in [5.41, 5.74) is 0.863. The second-order valence-corrected chi connectivity index (χ2v) is 10.1. The molecular weight excluding hydrogens is 426 g/mol. The predicted molar refractivity (Wildman–Crippen MR) is 125 cm³/mol. The van der Waals surface area contributed by atoms with Crippen LogP contribution in [0.5, 0.6) is 0 Å². The molecule has 2 aliphatic heterocycles. The lowest BCUT2D eigenvalue weighted by Crippen LogP contribution is -2.62. The highest BCUT2D eigenvalue weighted by molar-refractivity contribution is 5.92. The number of hydrogen-bond donors (Lipinski definition) is 3. The zero-order valence-electron chi connectivity index (χ0n) is 19.9. The maximum Gasteiger partial charge on any atom is 0.338 e. The molecule has 0 radical (unpaired) electrons.